The maximum atomic E-state index is 10.5. The number of ether oxygens (including phenoxy) is 1. The zero-order valence-corrected chi connectivity index (χ0v) is 16.2. The molecule has 3 N–H and O–H groups in total. The van der Waals surface area contributed by atoms with Gasteiger partial charge in [0.15, 0.2) is 0 Å². The Balaban J connectivity index is -0.000000167. The number of halogens is 1. The van der Waals surface area contributed by atoms with Crippen molar-refractivity contribution in [1.82, 2.24) is 0 Å². The first kappa shape index (κ1) is 33.4. The lowest BCUT2D eigenvalue weighted by molar-refractivity contribution is -0.139. The number of allylic oxidation sites excluding steroid dienone is 1. The molecule has 0 spiro atoms. The summed E-state index contributed by atoms with van der Waals surface area (Å²) in [6.45, 7) is 6.83. The van der Waals surface area contributed by atoms with Gasteiger partial charge in [0, 0.05) is 25.5 Å². The van der Waals surface area contributed by atoms with Crippen molar-refractivity contribution < 1.29 is 39.2 Å². The van der Waals surface area contributed by atoms with Gasteiger partial charge in [0.05, 0.1) is 6.61 Å². The number of unbranched alkanes of at least 4 members (excludes halogenated alkanes) is 4. The van der Waals surface area contributed by atoms with E-state index in [1.54, 1.807) is 0 Å². The molecule has 0 radical (unpaired) electrons. The molecule has 0 aromatic carbocycles. The molecule has 0 aliphatic rings. The molecule has 8 nitrogen and oxygen atoms in total. The van der Waals surface area contributed by atoms with Crippen LogP contribution in [0.5, 0.6) is 0 Å². The smallest absolute Gasteiger partial charge is 0.330 e. The third-order valence-corrected chi connectivity index (χ3v) is 2.81. The summed E-state index contributed by atoms with van der Waals surface area (Å²) in [5.41, 5.74) is 0. The highest BCUT2D eigenvalue weighted by Crippen LogP contribution is 2.00. The Kier molecular flexibility index (Phi) is 32.2. The van der Waals surface area contributed by atoms with Crippen molar-refractivity contribution >= 4 is 34.8 Å². The van der Waals surface area contributed by atoms with Gasteiger partial charge in [-0.05, 0) is 49.8 Å². The van der Waals surface area contributed by atoms with Crippen molar-refractivity contribution in [2.24, 2.45) is 0 Å². The van der Waals surface area contributed by atoms with Gasteiger partial charge in [0.1, 0.15) is 0 Å². The number of aliphatic carboxylic acids is 2. The van der Waals surface area contributed by atoms with Crippen LogP contribution in [0.4, 0.5) is 0 Å². The Labute approximate surface area is 171 Å². The fourth-order valence-electron chi connectivity index (χ4n) is 1.35. The number of hydrogen-bond acceptors (Lipinski definition) is 6. The molecule has 0 bridgehead atoms. The average molecular weight is 425 g/mol. The third-order valence-electron chi connectivity index (χ3n) is 2.66. The van der Waals surface area contributed by atoms with Crippen LogP contribution in [0.3, 0.4) is 0 Å². The molecule has 0 aliphatic carbocycles. The van der Waals surface area contributed by atoms with Crippen LogP contribution in [0.25, 0.3) is 0 Å². The molecule has 28 heavy (non-hydrogen) atoms. The van der Waals surface area contributed by atoms with E-state index in [-0.39, 0.29) is 26.9 Å². The first-order valence-corrected chi connectivity index (χ1v) is 8.74. The topological polar surface area (TPSA) is 138 Å². The summed E-state index contributed by atoms with van der Waals surface area (Å²) in [6.07, 6.45) is 6.84. The van der Waals surface area contributed by atoms with E-state index in [0.717, 1.165) is 25.0 Å². The summed E-state index contributed by atoms with van der Waals surface area (Å²) in [6, 6.07) is 0. The molecule has 0 fully saturated rings. The van der Waals surface area contributed by atoms with Gasteiger partial charge in [-0.1, -0.05) is 27.0 Å². The maximum absolute atomic E-state index is 10.5. The lowest BCUT2D eigenvalue weighted by Gasteiger charge is -2.00. The van der Waals surface area contributed by atoms with Crippen molar-refractivity contribution in [3.8, 4) is 0 Å². The Morgan fingerprint density at radius 3 is 1.57 bits per heavy atom. The van der Waals surface area contributed by atoms with Gasteiger partial charge >= 0.3 is 17.9 Å². The highest BCUT2D eigenvalue weighted by molar-refractivity contribution is 6.66. The second kappa shape index (κ2) is 27.0. The molecule has 0 amide bonds. The van der Waals surface area contributed by atoms with Crippen LogP contribution in [-0.4, -0.2) is 51.7 Å². The lowest BCUT2D eigenvalue weighted by Crippen LogP contribution is -2.02. The second-order valence-corrected chi connectivity index (χ2v) is 5.38. The lowest BCUT2D eigenvalue weighted by atomic mass is 10.2. The molecule has 0 saturated heterocycles. The van der Waals surface area contributed by atoms with Crippen LogP contribution < -0.4 is 0 Å². The number of carboxylic acids is 2. The molecule has 0 aromatic heterocycles. The minimum Gasteiger partial charge on any atom is -0.481 e. The molecule has 0 aliphatic heterocycles. The number of carboxylic acid groups (broad SMARTS) is 2. The van der Waals surface area contributed by atoms with E-state index in [4.69, 9.17) is 31.7 Å². The molecule has 0 rings (SSSR count). The summed E-state index contributed by atoms with van der Waals surface area (Å²) >= 11 is 4.71. The zero-order valence-electron chi connectivity index (χ0n) is 15.4. The Bertz CT molecular complexity index is 449. The van der Waals surface area contributed by atoms with Gasteiger partial charge in [0.2, 0.25) is 5.24 Å². The van der Waals surface area contributed by atoms with Crippen molar-refractivity contribution in [2.45, 2.75) is 58.8 Å². The van der Waals surface area contributed by atoms with E-state index in [1.807, 2.05) is 0 Å². The minimum absolute atomic E-state index is 0. The standard InChI is InChI=1S/C9H14O4.C6H12O3.C3H3ClO.CH4/c1-2-9(12)13-7-5-3-4-6-8(10)11;7-5-3-1-2-4-6(8)9;1-2-3(4)5;/h2H,1,3-7H2,(H,10,11);7H,1-5H2,(H,8,9);2H,1H2;1H4. The van der Waals surface area contributed by atoms with E-state index in [0.29, 0.717) is 32.3 Å². The molecule has 0 heterocycles. The number of carbonyl (C=O) groups is 4. The first-order valence-electron chi connectivity index (χ1n) is 8.36. The monoisotopic (exact) mass is 424 g/mol. The number of carbonyl (C=O) groups excluding carboxylic acids is 2. The quantitative estimate of drug-likeness (QED) is 0.176. The van der Waals surface area contributed by atoms with Crippen LogP contribution in [0.1, 0.15) is 58.8 Å². The van der Waals surface area contributed by atoms with Crippen LogP contribution in [-0.2, 0) is 23.9 Å². The highest BCUT2D eigenvalue weighted by Gasteiger charge is 1.98. The van der Waals surface area contributed by atoms with Crippen molar-refractivity contribution in [2.75, 3.05) is 13.2 Å². The molecule has 164 valence electrons. The average Bonchev–Trinajstić information content (AvgIpc) is 2.62. The first-order chi connectivity index (χ1) is 12.7. The molecule has 9 heteroatoms. The van der Waals surface area contributed by atoms with Gasteiger partial charge in [-0.2, -0.15) is 0 Å². The molecule has 0 atom stereocenters. The van der Waals surface area contributed by atoms with Crippen LogP contribution in [0.15, 0.2) is 25.3 Å². The second-order valence-electron chi connectivity index (χ2n) is 5.01. The van der Waals surface area contributed by atoms with E-state index >= 15 is 0 Å². The van der Waals surface area contributed by atoms with Gasteiger partial charge in [-0.3, -0.25) is 14.4 Å². The number of rotatable bonds is 13. The van der Waals surface area contributed by atoms with Gasteiger partial charge in [-0.15, -0.1) is 0 Å². The van der Waals surface area contributed by atoms with Crippen molar-refractivity contribution in [3.05, 3.63) is 25.3 Å². The van der Waals surface area contributed by atoms with Crippen molar-refractivity contribution in [3.63, 3.8) is 0 Å². The normalized spacial score (nSPS) is 8.50. The van der Waals surface area contributed by atoms with E-state index < -0.39 is 23.2 Å². The number of hydrogen-bond donors (Lipinski definition) is 3. The van der Waals surface area contributed by atoms with E-state index in [2.05, 4.69) is 13.2 Å². The maximum Gasteiger partial charge on any atom is 0.330 e. The largest absolute Gasteiger partial charge is 0.481 e. The molecular weight excluding hydrogens is 392 g/mol. The predicted molar refractivity (Wildman–Crippen MR) is 108 cm³/mol. The zero-order chi connectivity index (χ0) is 21.5. The predicted octanol–water partition coefficient (Wildman–Crippen LogP) is 3.56. The molecule has 0 unspecified atom stereocenters. The summed E-state index contributed by atoms with van der Waals surface area (Å²) in [5.74, 6) is -1.98. The van der Waals surface area contributed by atoms with Crippen LogP contribution >= 0.6 is 11.6 Å². The number of aliphatic hydroxyl groups is 1. The van der Waals surface area contributed by atoms with Crippen molar-refractivity contribution in [1.29, 1.82) is 0 Å². The fraction of sp³-hybridized carbons (Fsp3) is 0.579. The summed E-state index contributed by atoms with van der Waals surface area (Å²) < 4.78 is 4.69. The Hall–Kier alpha value is -2.19. The van der Waals surface area contributed by atoms with Gasteiger partial charge in [-0.25, -0.2) is 4.79 Å². The van der Waals surface area contributed by atoms with Gasteiger partial charge < -0.3 is 20.1 Å². The number of esters is 1. The van der Waals surface area contributed by atoms with E-state index in [1.165, 1.54) is 0 Å². The highest BCUT2D eigenvalue weighted by atomic mass is 35.5. The van der Waals surface area contributed by atoms with E-state index in [9.17, 15) is 19.2 Å². The molecule has 0 saturated carbocycles. The summed E-state index contributed by atoms with van der Waals surface area (Å²) in [5, 5.41) is 24.2. The minimum atomic E-state index is -0.789. The summed E-state index contributed by atoms with van der Waals surface area (Å²) in [7, 11) is 0. The summed E-state index contributed by atoms with van der Waals surface area (Å²) in [4.78, 5) is 40.0. The van der Waals surface area contributed by atoms with Crippen LogP contribution in [0.2, 0.25) is 0 Å². The fourth-order valence-corrected chi connectivity index (χ4v) is 1.35. The Morgan fingerprint density at radius 1 is 0.821 bits per heavy atom. The number of aliphatic hydroxyl groups excluding tert-OH is 1. The van der Waals surface area contributed by atoms with Crippen LogP contribution in [0, 0.1) is 0 Å². The third kappa shape index (κ3) is 43.8. The molecular formula is C19H33ClO8. The Morgan fingerprint density at radius 2 is 1.25 bits per heavy atom. The molecule has 0 aromatic rings. The van der Waals surface area contributed by atoms with Gasteiger partial charge in [0.25, 0.3) is 0 Å². The SMILES string of the molecule is C.C=CC(=O)Cl.C=CC(=O)OCCCCCC(=O)O.O=C(O)CCCCCO.